The standard InChI is InChI=1S/C13H10ClF2NS/c14-8-2-1-3-10(6-8)18-12-5-4-9(17)7-11(12)13(15)16/h1-7,13H,17H2. The number of nitrogens with two attached hydrogens (primary N) is 1. The molecule has 5 heteroatoms. The Morgan fingerprint density at radius 3 is 2.56 bits per heavy atom. The summed E-state index contributed by atoms with van der Waals surface area (Å²) in [5.74, 6) is 0. The van der Waals surface area contributed by atoms with E-state index in [0.717, 1.165) is 4.90 Å². The summed E-state index contributed by atoms with van der Waals surface area (Å²) in [6, 6.07) is 11.6. The van der Waals surface area contributed by atoms with Gasteiger partial charge in [-0.3, -0.25) is 0 Å². The SMILES string of the molecule is Nc1ccc(Sc2cccc(Cl)c2)c(C(F)F)c1. The van der Waals surface area contributed by atoms with Crippen molar-refractivity contribution in [2.45, 2.75) is 16.2 Å². The first-order valence-electron chi connectivity index (χ1n) is 5.17. The molecular weight excluding hydrogens is 276 g/mol. The second kappa shape index (κ2) is 5.59. The van der Waals surface area contributed by atoms with Gasteiger partial charge in [-0.15, -0.1) is 0 Å². The maximum absolute atomic E-state index is 12.9. The Bertz CT molecular complexity index is 560. The van der Waals surface area contributed by atoms with E-state index in [9.17, 15) is 8.78 Å². The van der Waals surface area contributed by atoms with Crippen LogP contribution >= 0.6 is 23.4 Å². The Hall–Kier alpha value is -1.26. The van der Waals surface area contributed by atoms with Crippen LogP contribution in [0.15, 0.2) is 52.3 Å². The smallest absolute Gasteiger partial charge is 0.265 e. The van der Waals surface area contributed by atoms with Crippen LogP contribution in [0.3, 0.4) is 0 Å². The topological polar surface area (TPSA) is 26.0 Å². The second-order valence-electron chi connectivity index (χ2n) is 3.66. The zero-order valence-corrected chi connectivity index (χ0v) is 10.8. The molecule has 2 N–H and O–H groups in total. The van der Waals surface area contributed by atoms with E-state index in [4.69, 9.17) is 17.3 Å². The molecular formula is C13H10ClF2NS. The summed E-state index contributed by atoms with van der Waals surface area (Å²) in [7, 11) is 0. The number of hydrogen-bond donors (Lipinski definition) is 1. The third kappa shape index (κ3) is 3.15. The van der Waals surface area contributed by atoms with Crippen LogP contribution in [-0.4, -0.2) is 0 Å². The number of benzene rings is 2. The Morgan fingerprint density at radius 2 is 1.89 bits per heavy atom. The summed E-state index contributed by atoms with van der Waals surface area (Å²) in [6.45, 7) is 0. The van der Waals surface area contributed by atoms with E-state index in [1.807, 2.05) is 6.07 Å². The molecule has 0 saturated carbocycles. The second-order valence-corrected chi connectivity index (χ2v) is 5.21. The van der Waals surface area contributed by atoms with Gasteiger partial charge in [-0.25, -0.2) is 8.78 Å². The van der Waals surface area contributed by atoms with Gasteiger partial charge >= 0.3 is 0 Å². The molecule has 0 radical (unpaired) electrons. The van der Waals surface area contributed by atoms with E-state index in [1.54, 1.807) is 30.3 Å². The number of alkyl halides is 2. The molecule has 2 rings (SSSR count). The maximum Gasteiger partial charge on any atom is 0.265 e. The molecule has 0 aliphatic rings. The van der Waals surface area contributed by atoms with Crippen molar-refractivity contribution in [2.24, 2.45) is 0 Å². The molecule has 0 heterocycles. The van der Waals surface area contributed by atoms with Crippen molar-refractivity contribution in [3.63, 3.8) is 0 Å². The van der Waals surface area contributed by atoms with Gasteiger partial charge in [-0.1, -0.05) is 29.4 Å². The van der Waals surface area contributed by atoms with Crippen LogP contribution in [-0.2, 0) is 0 Å². The highest BCUT2D eigenvalue weighted by molar-refractivity contribution is 7.99. The van der Waals surface area contributed by atoms with Gasteiger partial charge in [-0.2, -0.15) is 0 Å². The predicted molar refractivity (Wildman–Crippen MR) is 71.4 cm³/mol. The fraction of sp³-hybridized carbons (Fsp3) is 0.0769. The number of nitrogen functional groups attached to an aromatic ring is 1. The first kappa shape index (κ1) is 13.2. The Balaban J connectivity index is 2.34. The van der Waals surface area contributed by atoms with Gasteiger partial charge in [0.2, 0.25) is 0 Å². The van der Waals surface area contributed by atoms with Crippen LogP contribution in [0.5, 0.6) is 0 Å². The molecule has 0 atom stereocenters. The van der Waals surface area contributed by atoms with E-state index >= 15 is 0 Å². The van der Waals surface area contributed by atoms with Crippen LogP contribution < -0.4 is 5.73 Å². The summed E-state index contributed by atoms with van der Waals surface area (Å²) in [5, 5.41) is 0.578. The molecule has 2 aromatic carbocycles. The predicted octanol–water partition coefficient (Wildman–Crippen LogP) is 5.01. The van der Waals surface area contributed by atoms with Crippen LogP contribution in [0.1, 0.15) is 12.0 Å². The third-order valence-electron chi connectivity index (χ3n) is 2.29. The molecule has 0 fully saturated rings. The Labute approximate surface area is 113 Å². The molecule has 0 aliphatic heterocycles. The third-order valence-corrected chi connectivity index (χ3v) is 3.61. The minimum Gasteiger partial charge on any atom is -0.399 e. The van der Waals surface area contributed by atoms with Gasteiger partial charge in [0, 0.05) is 26.1 Å². The normalized spacial score (nSPS) is 10.9. The summed E-state index contributed by atoms with van der Waals surface area (Å²) < 4.78 is 25.8. The molecule has 0 saturated heterocycles. The molecule has 0 unspecified atom stereocenters. The lowest BCUT2D eigenvalue weighted by atomic mass is 10.2. The lowest BCUT2D eigenvalue weighted by molar-refractivity contribution is 0.148. The molecule has 0 spiro atoms. The average Bonchev–Trinajstić information content (AvgIpc) is 2.31. The van der Waals surface area contributed by atoms with Gasteiger partial charge in [0.05, 0.1) is 0 Å². The number of halogens is 3. The number of anilines is 1. The Kier molecular flexibility index (Phi) is 4.09. The van der Waals surface area contributed by atoms with Crippen molar-refractivity contribution < 1.29 is 8.78 Å². The van der Waals surface area contributed by atoms with E-state index in [-0.39, 0.29) is 5.56 Å². The van der Waals surface area contributed by atoms with Gasteiger partial charge in [0.25, 0.3) is 6.43 Å². The van der Waals surface area contributed by atoms with Gasteiger partial charge in [0.1, 0.15) is 0 Å². The molecule has 2 aromatic rings. The molecule has 0 amide bonds. The zero-order valence-electron chi connectivity index (χ0n) is 9.24. The zero-order chi connectivity index (χ0) is 13.1. The monoisotopic (exact) mass is 285 g/mol. The fourth-order valence-electron chi connectivity index (χ4n) is 1.49. The first-order chi connectivity index (χ1) is 8.56. The minimum absolute atomic E-state index is 0.0556. The largest absolute Gasteiger partial charge is 0.399 e. The van der Waals surface area contributed by atoms with E-state index in [2.05, 4.69) is 0 Å². The summed E-state index contributed by atoms with van der Waals surface area (Å²) in [4.78, 5) is 1.30. The number of hydrogen-bond acceptors (Lipinski definition) is 2. The van der Waals surface area contributed by atoms with Crippen molar-refractivity contribution in [2.75, 3.05) is 5.73 Å². The fourth-order valence-corrected chi connectivity index (χ4v) is 2.73. The highest BCUT2D eigenvalue weighted by Crippen LogP contribution is 2.36. The molecule has 0 aromatic heterocycles. The van der Waals surface area contributed by atoms with Crippen molar-refractivity contribution >= 4 is 29.1 Å². The highest BCUT2D eigenvalue weighted by Gasteiger charge is 2.14. The number of rotatable bonds is 3. The highest BCUT2D eigenvalue weighted by atomic mass is 35.5. The maximum atomic E-state index is 12.9. The molecule has 1 nitrogen and oxygen atoms in total. The molecule has 18 heavy (non-hydrogen) atoms. The first-order valence-corrected chi connectivity index (χ1v) is 6.36. The van der Waals surface area contributed by atoms with Crippen molar-refractivity contribution in [3.8, 4) is 0 Å². The lowest BCUT2D eigenvalue weighted by Crippen LogP contribution is -1.92. The molecule has 0 bridgehead atoms. The average molecular weight is 286 g/mol. The van der Waals surface area contributed by atoms with Crippen molar-refractivity contribution in [1.29, 1.82) is 0 Å². The van der Waals surface area contributed by atoms with Crippen molar-refractivity contribution in [3.05, 3.63) is 53.1 Å². The Morgan fingerprint density at radius 1 is 1.11 bits per heavy atom. The minimum atomic E-state index is -2.55. The molecule has 0 aliphatic carbocycles. The van der Waals surface area contributed by atoms with E-state index < -0.39 is 6.43 Å². The van der Waals surface area contributed by atoms with Gasteiger partial charge in [0.15, 0.2) is 0 Å². The van der Waals surface area contributed by atoms with Gasteiger partial charge in [-0.05, 0) is 36.4 Å². The lowest BCUT2D eigenvalue weighted by Gasteiger charge is -2.09. The van der Waals surface area contributed by atoms with E-state index in [0.29, 0.717) is 15.6 Å². The van der Waals surface area contributed by atoms with E-state index in [1.165, 1.54) is 17.8 Å². The van der Waals surface area contributed by atoms with Crippen LogP contribution in [0, 0.1) is 0 Å². The summed E-state index contributed by atoms with van der Waals surface area (Å²) >= 11 is 7.10. The summed E-state index contributed by atoms with van der Waals surface area (Å²) in [6.07, 6.45) is -2.55. The quantitative estimate of drug-likeness (QED) is 0.802. The van der Waals surface area contributed by atoms with Crippen molar-refractivity contribution in [1.82, 2.24) is 0 Å². The van der Waals surface area contributed by atoms with Gasteiger partial charge < -0.3 is 5.73 Å². The van der Waals surface area contributed by atoms with Crippen LogP contribution in [0.2, 0.25) is 5.02 Å². The van der Waals surface area contributed by atoms with Crippen LogP contribution in [0.4, 0.5) is 14.5 Å². The van der Waals surface area contributed by atoms with Crippen LogP contribution in [0.25, 0.3) is 0 Å². The summed E-state index contributed by atoms with van der Waals surface area (Å²) in [5.41, 5.74) is 5.80. The molecule has 94 valence electrons.